The van der Waals surface area contributed by atoms with Gasteiger partial charge in [0.2, 0.25) is 0 Å². The Kier molecular flexibility index (Phi) is 6.42. The molecule has 1 aliphatic heterocycles. The fourth-order valence-electron chi connectivity index (χ4n) is 4.34. The largest absolute Gasteiger partial charge is 0.490 e. The van der Waals surface area contributed by atoms with Crippen LogP contribution in [-0.4, -0.2) is 32.1 Å². The lowest BCUT2D eigenvalue weighted by Gasteiger charge is -2.29. The number of dihydropyridines is 1. The van der Waals surface area contributed by atoms with E-state index in [1.165, 1.54) is 7.11 Å². The molecule has 2 aliphatic rings. The standard InChI is InChI=1S/C26H24BrNO5/c1-5-11-33-25-18(27)12-15(13-19(25)32-6-2)21-20(26(30)31-4)14(3)28-23-16-9-7-8-10-17(16)24(29)22(21)23/h5,7-10,12-13,21,28H,1,6,11H2,2-4H3/t21-/m0/s1. The van der Waals surface area contributed by atoms with Crippen molar-refractivity contribution in [2.75, 3.05) is 20.3 Å². The molecule has 4 rings (SSSR count). The SMILES string of the molecule is C=CCOc1c(Br)cc([C@H]2C(C(=O)OC)=C(C)NC3=C2C(=O)c2ccccc23)cc1OCC. The van der Waals surface area contributed by atoms with Crippen molar-refractivity contribution in [1.29, 1.82) is 0 Å². The quantitative estimate of drug-likeness (QED) is 0.410. The molecular formula is C26H24BrNO5. The first-order chi connectivity index (χ1) is 15.9. The number of hydrogen-bond donors (Lipinski definition) is 1. The van der Waals surface area contributed by atoms with Crippen LogP contribution in [0.15, 0.2) is 70.4 Å². The number of carbonyl (C=O) groups is 2. The van der Waals surface area contributed by atoms with Crippen LogP contribution in [0.4, 0.5) is 0 Å². The van der Waals surface area contributed by atoms with Crippen LogP contribution >= 0.6 is 15.9 Å². The normalized spacial score (nSPS) is 16.7. The lowest BCUT2D eigenvalue weighted by Crippen LogP contribution is -2.29. The fraction of sp³-hybridized carbons (Fsp3) is 0.231. The molecule has 0 radical (unpaired) electrons. The second-order valence-corrected chi connectivity index (χ2v) is 8.47. The monoisotopic (exact) mass is 509 g/mol. The smallest absolute Gasteiger partial charge is 0.336 e. The van der Waals surface area contributed by atoms with Crippen molar-refractivity contribution in [3.63, 3.8) is 0 Å². The second-order valence-electron chi connectivity index (χ2n) is 7.61. The van der Waals surface area contributed by atoms with Crippen LogP contribution in [0, 0.1) is 0 Å². The van der Waals surface area contributed by atoms with E-state index < -0.39 is 11.9 Å². The van der Waals surface area contributed by atoms with Crippen molar-refractivity contribution in [3.8, 4) is 11.5 Å². The number of ether oxygens (including phenoxy) is 3. The molecule has 0 amide bonds. The molecule has 170 valence electrons. The molecular weight excluding hydrogens is 486 g/mol. The van der Waals surface area contributed by atoms with E-state index in [4.69, 9.17) is 14.2 Å². The Bertz CT molecular complexity index is 1230. The molecule has 1 N–H and O–H groups in total. The highest BCUT2D eigenvalue weighted by Crippen LogP contribution is 2.49. The van der Waals surface area contributed by atoms with Gasteiger partial charge in [-0.15, -0.1) is 0 Å². The Labute approximate surface area is 201 Å². The number of nitrogens with one attached hydrogen (secondary N) is 1. The third-order valence-electron chi connectivity index (χ3n) is 5.66. The van der Waals surface area contributed by atoms with Crippen molar-refractivity contribution in [2.24, 2.45) is 0 Å². The van der Waals surface area contributed by atoms with Crippen LogP contribution in [0.3, 0.4) is 0 Å². The molecule has 0 spiro atoms. The molecule has 7 heteroatoms. The summed E-state index contributed by atoms with van der Waals surface area (Å²) in [6, 6.07) is 11.1. The number of fused-ring (bicyclic) bond motifs is 2. The lowest BCUT2D eigenvalue weighted by atomic mass is 9.79. The Morgan fingerprint density at radius 1 is 1.21 bits per heavy atom. The third kappa shape index (κ3) is 3.86. The van der Waals surface area contributed by atoms with Gasteiger partial charge in [-0.3, -0.25) is 4.79 Å². The van der Waals surface area contributed by atoms with E-state index >= 15 is 0 Å². The number of ketones is 1. The number of carbonyl (C=O) groups excluding carboxylic acids is 2. The van der Waals surface area contributed by atoms with E-state index in [-0.39, 0.29) is 5.78 Å². The summed E-state index contributed by atoms with van der Waals surface area (Å²) in [6.45, 7) is 8.11. The zero-order valence-corrected chi connectivity index (χ0v) is 20.2. The minimum Gasteiger partial charge on any atom is -0.490 e. The first kappa shape index (κ1) is 22.9. The van der Waals surface area contributed by atoms with Crippen molar-refractivity contribution < 1.29 is 23.8 Å². The van der Waals surface area contributed by atoms with Gasteiger partial charge in [0.15, 0.2) is 17.3 Å². The molecule has 0 fully saturated rings. The van der Waals surface area contributed by atoms with Crippen LogP contribution in [0.25, 0.3) is 5.70 Å². The van der Waals surface area contributed by atoms with Crippen molar-refractivity contribution in [3.05, 3.63) is 87.1 Å². The topological polar surface area (TPSA) is 73.9 Å². The van der Waals surface area contributed by atoms with E-state index in [1.807, 2.05) is 44.2 Å². The Morgan fingerprint density at radius 2 is 1.94 bits per heavy atom. The molecule has 0 bridgehead atoms. The fourth-order valence-corrected chi connectivity index (χ4v) is 4.92. The highest BCUT2D eigenvalue weighted by Gasteiger charge is 2.43. The van der Waals surface area contributed by atoms with Crippen LogP contribution < -0.4 is 14.8 Å². The average molecular weight is 510 g/mol. The average Bonchev–Trinajstić information content (AvgIpc) is 3.09. The number of allylic oxidation sites excluding steroid dienone is 2. The molecule has 2 aromatic carbocycles. The van der Waals surface area contributed by atoms with Crippen LogP contribution in [0.2, 0.25) is 0 Å². The van der Waals surface area contributed by atoms with Crippen LogP contribution in [0.1, 0.15) is 41.3 Å². The van der Waals surface area contributed by atoms with Gasteiger partial charge in [-0.05, 0) is 47.5 Å². The van der Waals surface area contributed by atoms with Gasteiger partial charge in [0.25, 0.3) is 0 Å². The highest BCUT2D eigenvalue weighted by molar-refractivity contribution is 9.10. The molecule has 0 saturated carbocycles. The summed E-state index contributed by atoms with van der Waals surface area (Å²) in [5.74, 6) is -0.216. The first-order valence-corrected chi connectivity index (χ1v) is 11.4. The molecule has 6 nitrogen and oxygen atoms in total. The van der Waals surface area contributed by atoms with E-state index in [1.54, 1.807) is 12.1 Å². The molecule has 0 aromatic heterocycles. The summed E-state index contributed by atoms with van der Waals surface area (Å²) in [5, 5.41) is 3.28. The van der Waals surface area contributed by atoms with Crippen molar-refractivity contribution in [1.82, 2.24) is 5.32 Å². The number of methoxy groups -OCH3 is 1. The van der Waals surface area contributed by atoms with E-state index in [0.29, 0.717) is 62.9 Å². The molecule has 0 saturated heterocycles. The van der Waals surface area contributed by atoms with Gasteiger partial charge in [-0.25, -0.2) is 4.79 Å². The summed E-state index contributed by atoms with van der Waals surface area (Å²) >= 11 is 3.58. The summed E-state index contributed by atoms with van der Waals surface area (Å²) in [5.41, 5.74) is 4.38. The van der Waals surface area contributed by atoms with E-state index in [2.05, 4.69) is 27.8 Å². The molecule has 1 aliphatic carbocycles. The zero-order chi connectivity index (χ0) is 23.7. The maximum absolute atomic E-state index is 13.5. The number of Topliss-reactive ketones (excluding diaryl/α,β-unsaturated/α-hetero) is 1. The molecule has 1 heterocycles. The maximum atomic E-state index is 13.5. The summed E-state index contributed by atoms with van der Waals surface area (Å²) in [7, 11) is 1.34. The Balaban J connectivity index is 1.94. The third-order valence-corrected chi connectivity index (χ3v) is 6.25. The maximum Gasteiger partial charge on any atom is 0.336 e. The van der Waals surface area contributed by atoms with Gasteiger partial charge < -0.3 is 19.5 Å². The van der Waals surface area contributed by atoms with Crippen molar-refractivity contribution >= 4 is 33.4 Å². The van der Waals surface area contributed by atoms with Gasteiger partial charge >= 0.3 is 5.97 Å². The van der Waals surface area contributed by atoms with Gasteiger partial charge in [0.1, 0.15) is 6.61 Å². The predicted octanol–water partition coefficient (Wildman–Crippen LogP) is 5.15. The van der Waals surface area contributed by atoms with Gasteiger partial charge in [0.05, 0.1) is 29.5 Å². The highest BCUT2D eigenvalue weighted by atomic mass is 79.9. The number of hydrogen-bond acceptors (Lipinski definition) is 6. The second kappa shape index (κ2) is 9.27. The van der Waals surface area contributed by atoms with Gasteiger partial charge in [-0.2, -0.15) is 0 Å². The number of benzene rings is 2. The Morgan fingerprint density at radius 3 is 2.61 bits per heavy atom. The summed E-state index contributed by atoms with van der Waals surface area (Å²) in [6.07, 6.45) is 1.65. The number of esters is 1. The number of halogens is 1. The molecule has 1 atom stereocenters. The Hall–Kier alpha value is -3.32. The van der Waals surface area contributed by atoms with Crippen LogP contribution in [0.5, 0.6) is 11.5 Å². The summed E-state index contributed by atoms with van der Waals surface area (Å²) in [4.78, 5) is 26.4. The van der Waals surface area contributed by atoms with E-state index in [0.717, 1.165) is 5.56 Å². The zero-order valence-electron chi connectivity index (χ0n) is 18.7. The minimum absolute atomic E-state index is 0.118. The van der Waals surface area contributed by atoms with Crippen LogP contribution in [-0.2, 0) is 9.53 Å². The van der Waals surface area contributed by atoms with Gasteiger partial charge in [-0.1, -0.05) is 36.9 Å². The first-order valence-electron chi connectivity index (χ1n) is 10.6. The molecule has 33 heavy (non-hydrogen) atoms. The van der Waals surface area contributed by atoms with E-state index in [9.17, 15) is 9.59 Å². The minimum atomic E-state index is -0.641. The van der Waals surface area contributed by atoms with Crippen molar-refractivity contribution in [2.45, 2.75) is 19.8 Å². The van der Waals surface area contributed by atoms with Gasteiger partial charge in [0, 0.05) is 28.3 Å². The molecule has 2 aromatic rings. The summed E-state index contributed by atoms with van der Waals surface area (Å²) < 4.78 is 17.4. The lowest BCUT2D eigenvalue weighted by molar-refractivity contribution is -0.136. The molecule has 0 unspecified atom stereocenters. The number of rotatable bonds is 7. The predicted molar refractivity (Wildman–Crippen MR) is 129 cm³/mol.